The van der Waals surface area contributed by atoms with Gasteiger partial charge in [-0.25, -0.2) is 4.98 Å². The van der Waals surface area contributed by atoms with Gasteiger partial charge in [0.2, 0.25) is 0 Å². The molecule has 0 aromatic carbocycles. The van der Waals surface area contributed by atoms with Crippen LogP contribution in [0.4, 0.5) is 0 Å². The average molecular weight is 202 g/mol. The fourth-order valence-electron chi connectivity index (χ4n) is 1.69. The molecule has 0 amide bonds. The van der Waals surface area contributed by atoms with E-state index in [1.807, 2.05) is 22.9 Å². The van der Waals surface area contributed by atoms with Gasteiger partial charge in [-0.1, -0.05) is 13.8 Å². The van der Waals surface area contributed by atoms with Crippen LogP contribution in [-0.4, -0.2) is 15.7 Å². The summed E-state index contributed by atoms with van der Waals surface area (Å²) < 4.78 is 1.90. The molecule has 0 saturated carbocycles. The second kappa shape index (κ2) is 3.85. The average Bonchev–Trinajstić information content (AvgIpc) is 2.58. The van der Waals surface area contributed by atoms with E-state index in [9.17, 15) is 4.79 Å². The van der Waals surface area contributed by atoms with Crippen LogP contribution in [0.3, 0.4) is 0 Å². The lowest BCUT2D eigenvalue weighted by atomic mass is 10.1. The standard InChI is InChI=1S/C12H14N2O/c1-9(2)6-11-7-14-5-3-4-10(8-15)12(14)13-11/h3-5,7-9H,6H2,1-2H3. The quantitative estimate of drug-likeness (QED) is 0.716. The first-order valence-electron chi connectivity index (χ1n) is 5.12. The molecule has 0 spiro atoms. The zero-order valence-electron chi connectivity index (χ0n) is 8.97. The molecule has 2 heterocycles. The van der Waals surface area contributed by atoms with Crippen LogP contribution in [0, 0.1) is 5.92 Å². The van der Waals surface area contributed by atoms with E-state index in [2.05, 4.69) is 18.8 Å². The lowest BCUT2D eigenvalue weighted by Gasteiger charge is -1.97. The minimum Gasteiger partial charge on any atom is -0.306 e. The zero-order chi connectivity index (χ0) is 10.8. The van der Waals surface area contributed by atoms with Crippen molar-refractivity contribution in [2.24, 2.45) is 5.92 Å². The fourth-order valence-corrected chi connectivity index (χ4v) is 1.69. The number of pyridine rings is 1. The second-order valence-corrected chi connectivity index (χ2v) is 4.14. The summed E-state index contributed by atoms with van der Waals surface area (Å²) in [5.41, 5.74) is 2.44. The van der Waals surface area contributed by atoms with E-state index in [4.69, 9.17) is 0 Å². The van der Waals surface area contributed by atoms with Gasteiger partial charge in [0, 0.05) is 12.4 Å². The smallest absolute Gasteiger partial charge is 0.153 e. The van der Waals surface area contributed by atoms with Crippen LogP contribution in [0.15, 0.2) is 24.5 Å². The van der Waals surface area contributed by atoms with Gasteiger partial charge in [-0.3, -0.25) is 4.79 Å². The van der Waals surface area contributed by atoms with Crippen LogP contribution in [0.1, 0.15) is 29.9 Å². The number of hydrogen-bond donors (Lipinski definition) is 0. The van der Waals surface area contributed by atoms with Gasteiger partial charge in [0.05, 0.1) is 11.3 Å². The zero-order valence-corrected chi connectivity index (χ0v) is 8.97. The van der Waals surface area contributed by atoms with Crippen molar-refractivity contribution in [3.8, 4) is 0 Å². The predicted molar refractivity (Wildman–Crippen MR) is 59.1 cm³/mol. The summed E-state index contributed by atoms with van der Waals surface area (Å²) in [6, 6.07) is 3.64. The molecule has 0 N–H and O–H groups in total. The minimum atomic E-state index is 0.578. The Kier molecular flexibility index (Phi) is 2.54. The van der Waals surface area contributed by atoms with Crippen molar-refractivity contribution in [3.63, 3.8) is 0 Å². The normalized spacial score (nSPS) is 11.1. The predicted octanol–water partition coefficient (Wildman–Crippen LogP) is 2.35. The molecular formula is C12H14N2O. The van der Waals surface area contributed by atoms with Crippen molar-refractivity contribution in [1.29, 1.82) is 0 Å². The van der Waals surface area contributed by atoms with Gasteiger partial charge in [0.1, 0.15) is 5.65 Å². The number of rotatable bonds is 3. The lowest BCUT2D eigenvalue weighted by Crippen LogP contribution is -1.93. The van der Waals surface area contributed by atoms with Gasteiger partial charge >= 0.3 is 0 Å². The van der Waals surface area contributed by atoms with Crippen LogP contribution in [0.2, 0.25) is 0 Å². The van der Waals surface area contributed by atoms with Crippen molar-refractivity contribution in [2.45, 2.75) is 20.3 Å². The summed E-state index contributed by atoms with van der Waals surface area (Å²) in [5, 5.41) is 0. The maximum atomic E-state index is 10.8. The van der Waals surface area contributed by atoms with Gasteiger partial charge in [0.25, 0.3) is 0 Å². The van der Waals surface area contributed by atoms with Crippen molar-refractivity contribution in [2.75, 3.05) is 0 Å². The SMILES string of the molecule is CC(C)Cc1cn2cccc(C=O)c2n1. The van der Waals surface area contributed by atoms with Gasteiger partial charge in [-0.2, -0.15) is 0 Å². The number of aldehydes is 1. The first kappa shape index (κ1) is 9.90. The molecule has 0 unspecified atom stereocenters. The van der Waals surface area contributed by atoms with Crippen molar-refractivity contribution in [3.05, 3.63) is 35.8 Å². The molecule has 3 heteroatoms. The highest BCUT2D eigenvalue weighted by atomic mass is 16.1. The second-order valence-electron chi connectivity index (χ2n) is 4.14. The molecule has 0 saturated heterocycles. The molecule has 0 radical (unpaired) electrons. The summed E-state index contributed by atoms with van der Waals surface area (Å²) >= 11 is 0. The molecule has 2 rings (SSSR count). The van der Waals surface area contributed by atoms with E-state index >= 15 is 0 Å². The Morgan fingerprint density at radius 1 is 1.53 bits per heavy atom. The molecule has 15 heavy (non-hydrogen) atoms. The van der Waals surface area contributed by atoms with Crippen LogP contribution in [-0.2, 0) is 6.42 Å². The first-order valence-corrected chi connectivity index (χ1v) is 5.12. The molecule has 2 aromatic heterocycles. The van der Waals surface area contributed by atoms with Gasteiger partial charge in [-0.05, 0) is 24.5 Å². The molecule has 0 aliphatic carbocycles. The number of carbonyl (C=O) groups is 1. The van der Waals surface area contributed by atoms with Gasteiger partial charge < -0.3 is 4.40 Å². The highest BCUT2D eigenvalue weighted by molar-refractivity contribution is 5.84. The summed E-state index contributed by atoms with van der Waals surface area (Å²) in [5.74, 6) is 0.578. The number of hydrogen-bond acceptors (Lipinski definition) is 2. The molecule has 3 nitrogen and oxygen atoms in total. The molecule has 0 fully saturated rings. The largest absolute Gasteiger partial charge is 0.306 e. The Bertz CT molecular complexity index is 485. The Balaban J connectivity index is 2.50. The highest BCUT2D eigenvalue weighted by Crippen LogP contribution is 2.12. The summed E-state index contributed by atoms with van der Waals surface area (Å²) in [4.78, 5) is 15.3. The van der Waals surface area contributed by atoms with Crippen LogP contribution in [0.5, 0.6) is 0 Å². The van der Waals surface area contributed by atoms with E-state index in [-0.39, 0.29) is 0 Å². The van der Waals surface area contributed by atoms with E-state index in [0.717, 1.165) is 24.0 Å². The summed E-state index contributed by atoms with van der Waals surface area (Å²) in [7, 11) is 0. The van der Waals surface area contributed by atoms with Crippen molar-refractivity contribution < 1.29 is 4.79 Å². The maximum Gasteiger partial charge on any atom is 0.153 e. The van der Waals surface area contributed by atoms with Crippen LogP contribution < -0.4 is 0 Å². The summed E-state index contributed by atoms with van der Waals surface area (Å²) in [6.07, 6.45) is 5.70. The topological polar surface area (TPSA) is 34.4 Å². The number of nitrogens with zero attached hydrogens (tertiary/aromatic N) is 2. The van der Waals surface area contributed by atoms with Gasteiger partial charge in [0.15, 0.2) is 6.29 Å². The van der Waals surface area contributed by atoms with Crippen LogP contribution in [0.25, 0.3) is 5.65 Å². The Hall–Kier alpha value is -1.64. The van der Waals surface area contributed by atoms with E-state index in [0.29, 0.717) is 11.5 Å². The van der Waals surface area contributed by atoms with Crippen LogP contribution >= 0.6 is 0 Å². The Morgan fingerprint density at radius 3 is 3.00 bits per heavy atom. The molecule has 0 bridgehead atoms. The molecule has 78 valence electrons. The van der Waals surface area contributed by atoms with Gasteiger partial charge in [-0.15, -0.1) is 0 Å². The van der Waals surface area contributed by atoms with E-state index in [1.165, 1.54) is 0 Å². The molecule has 0 aliphatic rings. The number of aromatic nitrogens is 2. The Morgan fingerprint density at radius 2 is 2.33 bits per heavy atom. The van der Waals surface area contributed by atoms with E-state index < -0.39 is 0 Å². The highest BCUT2D eigenvalue weighted by Gasteiger charge is 2.06. The number of carbonyl (C=O) groups excluding carboxylic acids is 1. The third-order valence-electron chi connectivity index (χ3n) is 2.31. The Labute approximate surface area is 88.8 Å². The van der Waals surface area contributed by atoms with Crippen molar-refractivity contribution >= 4 is 11.9 Å². The minimum absolute atomic E-state index is 0.578. The number of fused-ring (bicyclic) bond motifs is 1. The third-order valence-corrected chi connectivity index (χ3v) is 2.31. The summed E-state index contributed by atoms with van der Waals surface area (Å²) in [6.45, 7) is 4.31. The maximum absolute atomic E-state index is 10.8. The lowest BCUT2D eigenvalue weighted by molar-refractivity contribution is 0.112. The molecule has 0 atom stereocenters. The first-order chi connectivity index (χ1) is 7.20. The third kappa shape index (κ3) is 1.91. The fraction of sp³-hybridized carbons (Fsp3) is 0.333. The number of imidazole rings is 1. The monoisotopic (exact) mass is 202 g/mol. The molecule has 0 aliphatic heterocycles. The van der Waals surface area contributed by atoms with Crippen molar-refractivity contribution in [1.82, 2.24) is 9.38 Å². The van der Waals surface area contributed by atoms with E-state index in [1.54, 1.807) is 6.07 Å². The molecular weight excluding hydrogens is 188 g/mol. The molecule has 2 aromatic rings.